The Morgan fingerprint density at radius 2 is 1.76 bits per heavy atom. The van der Waals surface area contributed by atoms with Crippen molar-refractivity contribution in [3.8, 4) is 0 Å². The van der Waals surface area contributed by atoms with Gasteiger partial charge in [-0.2, -0.15) is 13.2 Å². The van der Waals surface area contributed by atoms with E-state index in [1.807, 2.05) is 24.3 Å². The number of amides is 2. The first-order chi connectivity index (χ1) is 17.7. The standard InChI is InChI=1S/C27H21F3N4O3/c1-37-14-23-33-22-13-18(32-25(35)19-7-2-3-8-21(19)27(28,29)30)12-20(24(22)34-23)26(36)31-17-10-9-15-5-4-6-16(15)11-17/h2-4,6-13H,5,14H2,1H3,(H,31,36)(H,32,35)(H,33,34). The van der Waals surface area contributed by atoms with E-state index in [4.69, 9.17) is 4.74 Å². The number of methoxy groups -OCH3 is 1. The molecule has 3 aromatic carbocycles. The monoisotopic (exact) mass is 506 g/mol. The molecule has 0 spiro atoms. The number of hydrogen-bond acceptors (Lipinski definition) is 4. The summed E-state index contributed by atoms with van der Waals surface area (Å²) in [5.41, 5.74) is 2.16. The number of fused-ring (bicyclic) bond motifs is 2. The van der Waals surface area contributed by atoms with Gasteiger partial charge in [0, 0.05) is 18.5 Å². The Morgan fingerprint density at radius 1 is 1.00 bits per heavy atom. The molecule has 1 heterocycles. The summed E-state index contributed by atoms with van der Waals surface area (Å²) in [6.07, 6.45) is 0.137. The lowest BCUT2D eigenvalue weighted by molar-refractivity contribution is -0.137. The molecule has 4 aromatic rings. The SMILES string of the molecule is COCc1nc2c(C(=O)Nc3ccc4c(c3)C=CC4)cc(NC(=O)c3ccccc3C(F)(F)F)cc2[nH]1. The molecule has 7 nitrogen and oxygen atoms in total. The molecule has 5 rings (SSSR count). The number of halogens is 3. The highest BCUT2D eigenvalue weighted by Crippen LogP contribution is 2.33. The molecule has 3 N–H and O–H groups in total. The van der Waals surface area contributed by atoms with Crippen molar-refractivity contribution in [1.29, 1.82) is 0 Å². The normalized spacial score (nSPS) is 12.5. The highest BCUT2D eigenvalue weighted by atomic mass is 19.4. The maximum Gasteiger partial charge on any atom is 0.417 e. The zero-order valence-electron chi connectivity index (χ0n) is 19.6. The Bertz CT molecular complexity index is 1560. The average Bonchev–Trinajstić information content (AvgIpc) is 3.49. The highest BCUT2D eigenvalue weighted by molar-refractivity contribution is 6.14. The van der Waals surface area contributed by atoms with Crippen LogP contribution in [0.15, 0.2) is 60.7 Å². The number of nitrogens with one attached hydrogen (secondary N) is 3. The van der Waals surface area contributed by atoms with Gasteiger partial charge in [0.2, 0.25) is 0 Å². The number of aromatic nitrogens is 2. The number of anilines is 2. The second kappa shape index (κ2) is 9.55. The van der Waals surface area contributed by atoms with Gasteiger partial charge in [-0.15, -0.1) is 0 Å². The molecule has 0 fully saturated rings. The third-order valence-electron chi connectivity index (χ3n) is 5.94. The number of allylic oxidation sites excluding steroid dienone is 1. The molecular weight excluding hydrogens is 485 g/mol. The number of carbonyl (C=O) groups excluding carboxylic acids is 2. The Morgan fingerprint density at radius 3 is 2.54 bits per heavy atom. The molecule has 37 heavy (non-hydrogen) atoms. The molecule has 10 heteroatoms. The van der Waals surface area contributed by atoms with Crippen LogP contribution in [0.1, 0.15) is 43.2 Å². The van der Waals surface area contributed by atoms with E-state index in [1.165, 1.54) is 31.4 Å². The van der Waals surface area contributed by atoms with E-state index in [-0.39, 0.29) is 17.9 Å². The lowest BCUT2D eigenvalue weighted by Crippen LogP contribution is -2.19. The van der Waals surface area contributed by atoms with Crippen LogP contribution in [0.25, 0.3) is 17.1 Å². The zero-order valence-corrected chi connectivity index (χ0v) is 19.6. The average molecular weight is 506 g/mol. The molecule has 0 unspecified atom stereocenters. The quantitative estimate of drug-likeness (QED) is 0.308. The number of aromatic amines is 1. The van der Waals surface area contributed by atoms with Crippen molar-refractivity contribution in [2.45, 2.75) is 19.2 Å². The maximum atomic E-state index is 13.4. The predicted molar refractivity (Wildman–Crippen MR) is 133 cm³/mol. The summed E-state index contributed by atoms with van der Waals surface area (Å²) >= 11 is 0. The van der Waals surface area contributed by atoms with Gasteiger partial charge in [0.05, 0.1) is 22.2 Å². The summed E-state index contributed by atoms with van der Waals surface area (Å²) in [7, 11) is 1.49. The van der Waals surface area contributed by atoms with Crippen LogP contribution in [0.5, 0.6) is 0 Å². The Hall–Kier alpha value is -4.44. The molecule has 2 amide bonds. The minimum Gasteiger partial charge on any atom is -0.377 e. The van der Waals surface area contributed by atoms with E-state index >= 15 is 0 Å². The summed E-state index contributed by atoms with van der Waals surface area (Å²) in [4.78, 5) is 33.6. The minimum atomic E-state index is -4.70. The van der Waals surface area contributed by atoms with Crippen molar-refractivity contribution in [2.24, 2.45) is 0 Å². The summed E-state index contributed by atoms with van der Waals surface area (Å²) in [5.74, 6) is -1.00. The Balaban J connectivity index is 1.50. The number of imidazole rings is 1. The number of carbonyl (C=O) groups is 2. The van der Waals surface area contributed by atoms with E-state index in [0.717, 1.165) is 29.7 Å². The van der Waals surface area contributed by atoms with Crippen LogP contribution in [-0.4, -0.2) is 28.9 Å². The van der Waals surface area contributed by atoms with Gasteiger partial charge in [0.25, 0.3) is 11.8 Å². The molecule has 0 bridgehead atoms. The Labute approximate surface area is 209 Å². The highest BCUT2D eigenvalue weighted by Gasteiger charge is 2.35. The number of H-pyrrole nitrogens is 1. The van der Waals surface area contributed by atoms with Gasteiger partial charge < -0.3 is 20.4 Å². The van der Waals surface area contributed by atoms with Crippen LogP contribution in [0, 0.1) is 0 Å². The summed E-state index contributed by atoms with van der Waals surface area (Å²) in [6.45, 7) is 0.146. The summed E-state index contributed by atoms with van der Waals surface area (Å²) in [6, 6.07) is 13.0. The van der Waals surface area contributed by atoms with Crippen LogP contribution in [0.2, 0.25) is 0 Å². The third kappa shape index (κ3) is 4.96. The second-order valence-corrected chi connectivity index (χ2v) is 8.51. The van der Waals surface area contributed by atoms with E-state index < -0.39 is 29.1 Å². The molecule has 1 aromatic heterocycles. The van der Waals surface area contributed by atoms with Gasteiger partial charge in [-0.1, -0.05) is 30.4 Å². The summed E-state index contributed by atoms with van der Waals surface area (Å²) < 4.78 is 45.4. The first-order valence-electron chi connectivity index (χ1n) is 11.3. The fourth-order valence-electron chi connectivity index (χ4n) is 4.27. The molecule has 1 aliphatic carbocycles. The molecule has 0 saturated heterocycles. The lowest BCUT2D eigenvalue weighted by Gasteiger charge is -2.13. The minimum absolute atomic E-state index is 0.129. The predicted octanol–water partition coefficient (Wildman–Crippen LogP) is 5.80. The molecule has 188 valence electrons. The van der Waals surface area contributed by atoms with E-state index in [2.05, 4.69) is 20.6 Å². The maximum absolute atomic E-state index is 13.4. The van der Waals surface area contributed by atoms with Gasteiger partial charge >= 0.3 is 6.18 Å². The number of hydrogen-bond donors (Lipinski definition) is 3. The van der Waals surface area contributed by atoms with Crippen LogP contribution in [0.4, 0.5) is 24.5 Å². The summed E-state index contributed by atoms with van der Waals surface area (Å²) in [5, 5.41) is 5.33. The third-order valence-corrected chi connectivity index (χ3v) is 5.94. The van der Waals surface area contributed by atoms with Crippen molar-refractivity contribution in [1.82, 2.24) is 9.97 Å². The number of alkyl halides is 3. The van der Waals surface area contributed by atoms with Crippen LogP contribution >= 0.6 is 0 Å². The van der Waals surface area contributed by atoms with Gasteiger partial charge in [0.15, 0.2) is 0 Å². The first kappa shape index (κ1) is 24.3. The number of nitrogens with zero attached hydrogens (tertiary/aromatic N) is 1. The van der Waals surface area contributed by atoms with Gasteiger partial charge in [0.1, 0.15) is 17.9 Å². The molecule has 0 radical (unpaired) electrons. The van der Waals surface area contributed by atoms with Crippen molar-refractivity contribution in [3.05, 3.63) is 94.3 Å². The smallest absolute Gasteiger partial charge is 0.377 e. The van der Waals surface area contributed by atoms with Crippen molar-refractivity contribution in [3.63, 3.8) is 0 Å². The van der Waals surface area contributed by atoms with Crippen molar-refractivity contribution in [2.75, 3.05) is 17.7 Å². The Kier molecular flexibility index (Phi) is 6.26. The molecule has 0 aliphatic heterocycles. The molecule has 0 atom stereocenters. The van der Waals surface area contributed by atoms with Gasteiger partial charge in [-0.05, 0) is 53.9 Å². The van der Waals surface area contributed by atoms with Gasteiger partial charge in [-0.25, -0.2) is 4.98 Å². The number of rotatable bonds is 6. The molecule has 1 aliphatic rings. The number of ether oxygens (including phenoxy) is 1. The zero-order chi connectivity index (χ0) is 26.2. The van der Waals surface area contributed by atoms with Crippen molar-refractivity contribution < 1.29 is 27.5 Å². The van der Waals surface area contributed by atoms with Crippen molar-refractivity contribution >= 4 is 40.3 Å². The second-order valence-electron chi connectivity index (χ2n) is 8.51. The fraction of sp³-hybridized carbons (Fsp3) is 0.148. The van der Waals surface area contributed by atoms with Gasteiger partial charge in [-0.3, -0.25) is 9.59 Å². The molecule has 0 saturated carbocycles. The first-order valence-corrected chi connectivity index (χ1v) is 11.3. The lowest BCUT2D eigenvalue weighted by atomic mass is 10.1. The van der Waals surface area contributed by atoms with Crippen LogP contribution < -0.4 is 10.6 Å². The van der Waals surface area contributed by atoms with E-state index in [1.54, 1.807) is 6.07 Å². The van der Waals surface area contributed by atoms with E-state index in [9.17, 15) is 22.8 Å². The number of benzene rings is 3. The molecular formula is C27H21F3N4O3. The fourth-order valence-corrected chi connectivity index (χ4v) is 4.27. The van der Waals surface area contributed by atoms with Crippen LogP contribution in [-0.2, 0) is 23.9 Å². The van der Waals surface area contributed by atoms with Crippen LogP contribution in [0.3, 0.4) is 0 Å². The topological polar surface area (TPSA) is 96.1 Å². The largest absolute Gasteiger partial charge is 0.417 e. The van der Waals surface area contributed by atoms with E-state index in [0.29, 0.717) is 22.5 Å².